The van der Waals surface area contributed by atoms with E-state index in [9.17, 15) is 14.9 Å². The lowest BCUT2D eigenvalue weighted by Crippen LogP contribution is -2.34. The maximum Gasteiger partial charge on any atom is 0.349 e. The molecule has 2 aromatic rings. The van der Waals surface area contributed by atoms with Crippen LogP contribution in [0, 0.1) is 11.3 Å². The van der Waals surface area contributed by atoms with Crippen LogP contribution in [0.25, 0.3) is 6.08 Å². The number of nitriles is 1. The minimum atomic E-state index is -0.801. The molecule has 0 spiro atoms. The van der Waals surface area contributed by atoms with E-state index in [4.69, 9.17) is 4.74 Å². The first kappa shape index (κ1) is 21.9. The van der Waals surface area contributed by atoms with E-state index in [0.29, 0.717) is 19.0 Å². The Morgan fingerprint density at radius 3 is 2.31 bits per heavy atom. The fraction of sp³-hybridized carbons (Fsp3) is 0.292. The van der Waals surface area contributed by atoms with Crippen molar-refractivity contribution in [1.29, 1.82) is 5.26 Å². The Morgan fingerprint density at radius 2 is 1.76 bits per heavy atom. The van der Waals surface area contributed by atoms with E-state index in [2.05, 4.69) is 13.8 Å². The predicted octanol–water partition coefficient (Wildman–Crippen LogP) is 4.31. The van der Waals surface area contributed by atoms with E-state index in [1.54, 1.807) is 4.90 Å². The van der Waals surface area contributed by atoms with E-state index in [1.165, 1.54) is 11.6 Å². The van der Waals surface area contributed by atoms with Crippen LogP contribution in [0.4, 0.5) is 0 Å². The number of benzene rings is 2. The molecule has 1 amide bonds. The standard InChI is InChI=1S/C24H26N2O3/c1-4-26(16-20-8-6-5-7-9-20)23(27)17-29-24(28)22(15-25)14-19-10-12-21(13-11-19)18(2)3/h5-14,18H,4,16-17H2,1-3H3/b22-14+. The molecule has 5 heteroatoms. The van der Waals surface area contributed by atoms with Crippen molar-refractivity contribution in [3.8, 4) is 6.07 Å². The van der Waals surface area contributed by atoms with Crippen LogP contribution in [0.5, 0.6) is 0 Å². The molecule has 0 fully saturated rings. The summed E-state index contributed by atoms with van der Waals surface area (Å²) in [6, 6.07) is 19.1. The van der Waals surface area contributed by atoms with Crippen molar-refractivity contribution in [1.82, 2.24) is 4.90 Å². The summed E-state index contributed by atoms with van der Waals surface area (Å²) >= 11 is 0. The van der Waals surface area contributed by atoms with Gasteiger partial charge in [0.1, 0.15) is 11.6 Å². The van der Waals surface area contributed by atoms with Gasteiger partial charge in [-0.1, -0.05) is 68.4 Å². The van der Waals surface area contributed by atoms with Crippen LogP contribution in [0.15, 0.2) is 60.2 Å². The molecular formula is C24H26N2O3. The van der Waals surface area contributed by atoms with E-state index >= 15 is 0 Å². The Balaban J connectivity index is 1.98. The summed E-state index contributed by atoms with van der Waals surface area (Å²) in [6.45, 7) is 6.59. The lowest BCUT2D eigenvalue weighted by atomic mass is 10.0. The number of amides is 1. The number of ether oxygens (including phenoxy) is 1. The molecule has 0 aromatic heterocycles. The van der Waals surface area contributed by atoms with Crippen molar-refractivity contribution < 1.29 is 14.3 Å². The summed E-state index contributed by atoms with van der Waals surface area (Å²) in [5.74, 6) is -0.704. The minimum absolute atomic E-state index is 0.138. The third-order valence-corrected chi connectivity index (χ3v) is 4.53. The number of carbonyl (C=O) groups excluding carboxylic acids is 2. The van der Waals surface area contributed by atoms with Crippen molar-refractivity contribution in [2.75, 3.05) is 13.2 Å². The third-order valence-electron chi connectivity index (χ3n) is 4.53. The van der Waals surface area contributed by atoms with Crippen LogP contribution < -0.4 is 0 Å². The molecule has 0 unspecified atom stereocenters. The molecule has 0 N–H and O–H groups in total. The van der Waals surface area contributed by atoms with Crippen molar-refractivity contribution >= 4 is 18.0 Å². The number of carbonyl (C=O) groups is 2. The smallest absolute Gasteiger partial charge is 0.349 e. The average Bonchev–Trinajstić information content (AvgIpc) is 2.74. The highest BCUT2D eigenvalue weighted by molar-refractivity contribution is 5.98. The van der Waals surface area contributed by atoms with Crippen LogP contribution in [-0.4, -0.2) is 29.9 Å². The van der Waals surface area contributed by atoms with E-state index in [-0.39, 0.29) is 11.5 Å². The molecule has 29 heavy (non-hydrogen) atoms. The lowest BCUT2D eigenvalue weighted by Gasteiger charge is -2.20. The normalized spacial score (nSPS) is 11.1. The fourth-order valence-corrected chi connectivity index (χ4v) is 2.76. The average molecular weight is 390 g/mol. The highest BCUT2D eigenvalue weighted by atomic mass is 16.5. The maximum atomic E-state index is 12.4. The van der Waals surface area contributed by atoms with Gasteiger partial charge in [0.2, 0.25) is 0 Å². The van der Waals surface area contributed by atoms with Crippen LogP contribution in [0.2, 0.25) is 0 Å². The monoisotopic (exact) mass is 390 g/mol. The fourth-order valence-electron chi connectivity index (χ4n) is 2.76. The van der Waals surface area contributed by atoms with Crippen LogP contribution in [-0.2, 0) is 20.9 Å². The second-order valence-corrected chi connectivity index (χ2v) is 6.96. The Labute approximate surface area is 172 Å². The highest BCUT2D eigenvalue weighted by Gasteiger charge is 2.17. The maximum absolute atomic E-state index is 12.4. The van der Waals surface area contributed by atoms with Gasteiger partial charge in [-0.25, -0.2) is 4.79 Å². The zero-order valence-electron chi connectivity index (χ0n) is 17.1. The van der Waals surface area contributed by atoms with Crippen molar-refractivity contribution in [3.05, 3.63) is 76.9 Å². The molecule has 0 saturated heterocycles. The molecule has 150 valence electrons. The van der Waals surface area contributed by atoms with Gasteiger partial charge in [0.25, 0.3) is 5.91 Å². The van der Waals surface area contributed by atoms with Gasteiger partial charge in [0, 0.05) is 13.1 Å². The molecule has 0 heterocycles. The molecule has 5 nitrogen and oxygen atoms in total. The van der Waals surface area contributed by atoms with Crippen LogP contribution >= 0.6 is 0 Å². The van der Waals surface area contributed by atoms with Crippen LogP contribution in [0.1, 0.15) is 43.4 Å². The number of likely N-dealkylation sites (N-methyl/N-ethyl adjacent to an activating group) is 1. The first-order valence-electron chi connectivity index (χ1n) is 9.65. The van der Waals surface area contributed by atoms with Crippen molar-refractivity contribution in [2.24, 2.45) is 0 Å². The summed E-state index contributed by atoms with van der Waals surface area (Å²) in [7, 11) is 0. The second-order valence-electron chi connectivity index (χ2n) is 6.96. The van der Waals surface area contributed by atoms with Gasteiger partial charge in [0.15, 0.2) is 6.61 Å². The molecule has 0 saturated carbocycles. The van der Waals surface area contributed by atoms with E-state index < -0.39 is 12.6 Å². The quantitative estimate of drug-likeness (QED) is 0.383. The molecular weight excluding hydrogens is 364 g/mol. The summed E-state index contributed by atoms with van der Waals surface area (Å²) in [5.41, 5.74) is 2.76. The first-order valence-corrected chi connectivity index (χ1v) is 9.65. The number of rotatable bonds is 8. The lowest BCUT2D eigenvalue weighted by molar-refractivity contribution is -0.148. The van der Waals surface area contributed by atoms with Crippen molar-refractivity contribution in [2.45, 2.75) is 33.2 Å². The van der Waals surface area contributed by atoms with Gasteiger partial charge < -0.3 is 9.64 Å². The molecule has 0 aliphatic rings. The van der Waals surface area contributed by atoms with E-state index in [0.717, 1.165) is 11.1 Å². The molecule has 0 aliphatic carbocycles. The SMILES string of the molecule is CCN(Cc1ccccc1)C(=O)COC(=O)/C(C#N)=C/c1ccc(C(C)C)cc1. The Bertz CT molecular complexity index is 894. The Hall–Kier alpha value is -3.39. The number of hydrogen-bond acceptors (Lipinski definition) is 4. The summed E-state index contributed by atoms with van der Waals surface area (Å²) in [5, 5.41) is 9.30. The summed E-state index contributed by atoms with van der Waals surface area (Å²) in [6.07, 6.45) is 1.47. The highest BCUT2D eigenvalue weighted by Crippen LogP contribution is 2.16. The molecule has 0 aliphatic heterocycles. The second kappa shape index (κ2) is 10.8. The van der Waals surface area contributed by atoms with Gasteiger partial charge >= 0.3 is 5.97 Å². The molecule has 0 radical (unpaired) electrons. The number of nitrogens with zero attached hydrogens (tertiary/aromatic N) is 2. The summed E-state index contributed by atoms with van der Waals surface area (Å²) < 4.78 is 5.09. The predicted molar refractivity (Wildman–Crippen MR) is 113 cm³/mol. The molecule has 2 aromatic carbocycles. The zero-order valence-corrected chi connectivity index (χ0v) is 17.1. The van der Waals surface area contributed by atoms with E-state index in [1.807, 2.05) is 67.6 Å². The molecule has 2 rings (SSSR count). The van der Waals surface area contributed by atoms with Gasteiger partial charge in [0.05, 0.1) is 0 Å². The molecule has 0 atom stereocenters. The van der Waals surface area contributed by atoms with Gasteiger partial charge in [-0.05, 0) is 35.6 Å². The Morgan fingerprint density at radius 1 is 1.10 bits per heavy atom. The largest absolute Gasteiger partial charge is 0.451 e. The van der Waals surface area contributed by atoms with Gasteiger partial charge in [-0.3, -0.25) is 4.79 Å². The topological polar surface area (TPSA) is 70.4 Å². The molecule has 0 bridgehead atoms. The summed E-state index contributed by atoms with van der Waals surface area (Å²) in [4.78, 5) is 26.2. The third kappa shape index (κ3) is 6.62. The zero-order chi connectivity index (χ0) is 21.2. The Kier molecular flexibility index (Phi) is 8.17. The first-order chi connectivity index (χ1) is 13.9. The van der Waals surface area contributed by atoms with Gasteiger partial charge in [-0.2, -0.15) is 5.26 Å². The number of hydrogen-bond donors (Lipinski definition) is 0. The van der Waals surface area contributed by atoms with Crippen LogP contribution in [0.3, 0.4) is 0 Å². The van der Waals surface area contributed by atoms with Crippen molar-refractivity contribution in [3.63, 3.8) is 0 Å². The van der Waals surface area contributed by atoms with Gasteiger partial charge in [-0.15, -0.1) is 0 Å². The number of esters is 1. The minimum Gasteiger partial charge on any atom is -0.451 e.